The third kappa shape index (κ3) is 2.17. The summed E-state index contributed by atoms with van der Waals surface area (Å²) in [4.78, 5) is 0. The van der Waals surface area contributed by atoms with Crippen LogP contribution < -0.4 is 0 Å². The molecule has 0 bridgehead atoms. The lowest BCUT2D eigenvalue weighted by Crippen LogP contribution is -2.02. The number of halogens is 4. The summed E-state index contributed by atoms with van der Waals surface area (Å²) in [5, 5.41) is -1.05. The molecule has 1 aromatic carbocycles. The Morgan fingerprint density at radius 3 is 2.24 bits per heavy atom. The number of aryl methyl sites for hydroxylation is 1. The van der Waals surface area contributed by atoms with E-state index in [2.05, 4.69) is 0 Å². The van der Waals surface area contributed by atoms with Gasteiger partial charge in [-0.2, -0.15) is 0 Å². The highest BCUT2D eigenvalue weighted by Gasteiger charge is 2.23. The lowest BCUT2D eigenvalue weighted by molar-refractivity contribution is 0.519. The molecule has 0 saturated heterocycles. The number of hydrogen-bond acceptors (Lipinski definition) is 1. The first kappa shape index (κ1) is 12.0. The van der Waals surface area contributed by atoms with Gasteiger partial charge in [0.1, 0.15) is 23.2 Å². The summed E-state index contributed by atoms with van der Waals surface area (Å²) in [7, 11) is 0. The van der Waals surface area contributed by atoms with E-state index in [9.17, 15) is 13.2 Å². The van der Waals surface area contributed by atoms with Gasteiger partial charge < -0.3 is 4.42 Å². The van der Waals surface area contributed by atoms with E-state index in [0.717, 1.165) is 0 Å². The Morgan fingerprint density at radius 2 is 1.76 bits per heavy atom. The summed E-state index contributed by atoms with van der Waals surface area (Å²) < 4.78 is 44.7. The molecule has 1 aromatic heterocycles. The van der Waals surface area contributed by atoms with Gasteiger partial charge in [-0.3, -0.25) is 0 Å². The summed E-state index contributed by atoms with van der Waals surface area (Å²) in [6.45, 7) is 1.63. The van der Waals surface area contributed by atoms with E-state index in [4.69, 9.17) is 16.0 Å². The predicted octanol–water partition coefficient (Wildman–Crippen LogP) is 4.33. The zero-order valence-electron chi connectivity index (χ0n) is 8.81. The van der Waals surface area contributed by atoms with Crippen LogP contribution in [0.1, 0.15) is 22.3 Å². The Morgan fingerprint density at radius 1 is 1.18 bits per heavy atom. The van der Waals surface area contributed by atoms with Crippen molar-refractivity contribution in [1.82, 2.24) is 0 Å². The van der Waals surface area contributed by atoms with E-state index in [1.807, 2.05) is 0 Å². The van der Waals surface area contributed by atoms with E-state index in [-0.39, 0.29) is 5.56 Å². The molecule has 0 N–H and O–H groups in total. The van der Waals surface area contributed by atoms with Crippen LogP contribution in [-0.4, -0.2) is 0 Å². The zero-order chi connectivity index (χ0) is 12.6. The largest absolute Gasteiger partial charge is 0.469 e. The summed E-state index contributed by atoms with van der Waals surface area (Å²) in [5.74, 6) is -2.53. The van der Waals surface area contributed by atoms with Crippen molar-refractivity contribution in [1.29, 1.82) is 0 Å². The van der Waals surface area contributed by atoms with Gasteiger partial charge in [0.05, 0.1) is 11.6 Å². The monoisotopic (exact) mass is 260 g/mol. The highest BCUT2D eigenvalue weighted by molar-refractivity contribution is 6.22. The standard InChI is InChI=1S/C12H8ClF3O/c1-6-8(2-3-17-6)12(13)11-9(15)4-7(14)5-10(11)16/h2-5,12H,1H3. The number of benzene rings is 1. The van der Waals surface area contributed by atoms with Gasteiger partial charge in [-0.1, -0.05) is 0 Å². The predicted molar refractivity (Wildman–Crippen MR) is 57.5 cm³/mol. The molecule has 0 aliphatic carbocycles. The molecule has 1 unspecified atom stereocenters. The van der Waals surface area contributed by atoms with E-state index >= 15 is 0 Å². The van der Waals surface area contributed by atoms with Gasteiger partial charge in [-0.15, -0.1) is 11.6 Å². The second-order valence-electron chi connectivity index (χ2n) is 3.58. The van der Waals surface area contributed by atoms with E-state index in [1.54, 1.807) is 6.92 Å². The Hall–Kier alpha value is -1.42. The smallest absolute Gasteiger partial charge is 0.134 e. The van der Waals surface area contributed by atoms with Crippen LogP contribution in [0.15, 0.2) is 28.9 Å². The first-order valence-corrected chi connectivity index (χ1v) is 5.27. The Kier molecular flexibility index (Phi) is 3.15. The highest BCUT2D eigenvalue weighted by atomic mass is 35.5. The molecule has 1 nitrogen and oxygen atoms in total. The van der Waals surface area contributed by atoms with E-state index in [0.29, 0.717) is 23.5 Å². The fraction of sp³-hybridized carbons (Fsp3) is 0.167. The third-order valence-corrected chi connectivity index (χ3v) is 2.92. The van der Waals surface area contributed by atoms with Crippen LogP contribution in [0.4, 0.5) is 13.2 Å². The second-order valence-corrected chi connectivity index (χ2v) is 4.01. The molecule has 0 amide bonds. The third-order valence-electron chi connectivity index (χ3n) is 2.47. The van der Waals surface area contributed by atoms with Gasteiger partial charge in [0, 0.05) is 23.3 Å². The average Bonchev–Trinajstić information content (AvgIpc) is 2.62. The van der Waals surface area contributed by atoms with E-state index in [1.165, 1.54) is 12.3 Å². The molecular weight excluding hydrogens is 253 g/mol. The molecule has 2 rings (SSSR count). The summed E-state index contributed by atoms with van der Waals surface area (Å²) in [6, 6.07) is 2.72. The second kappa shape index (κ2) is 4.45. The van der Waals surface area contributed by atoms with Crippen LogP contribution in [0.3, 0.4) is 0 Å². The normalized spacial score (nSPS) is 12.8. The van der Waals surface area contributed by atoms with Gasteiger partial charge in [-0.25, -0.2) is 13.2 Å². The molecule has 5 heteroatoms. The minimum atomic E-state index is -1.05. The average molecular weight is 261 g/mol. The van der Waals surface area contributed by atoms with Gasteiger partial charge in [0.15, 0.2) is 0 Å². The molecule has 0 aliphatic rings. The van der Waals surface area contributed by atoms with Crippen molar-refractivity contribution in [3.8, 4) is 0 Å². The molecule has 1 heterocycles. The summed E-state index contributed by atoms with van der Waals surface area (Å²) >= 11 is 5.98. The maximum absolute atomic E-state index is 13.5. The van der Waals surface area contributed by atoms with Gasteiger partial charge in [0.2, 0.25) is 0 Å². The minimum Gasteiger partial charge on any atom is -0.469 e. The van der Waals surface area contributed by atoms with Gasteiger partial charge in [0.25, 0.3) is 0 Å². The molecule has 1 atom stereocenters. The molecule has 0 aliphatic heterocycles. The SMILES string of the molecule is Cc1occc1C(Cl)c1c(F)cc(F)cc1F. The number of hydrogen-bond donors (Lipinski definition) is 0. The van der Waals surface area contributed by atoms with Crippen molar-refractivity contribution in [3.05, 3.63) is 58.8 Å². The quantitative estimate of drug-likeness (QED) is 0.733. The lowest BCUT2D eigenvalue weighted by atomic mass is 10.0. The van der Waals surface area contributed by atoms with Crippen molar-refractivity contribution in [2.75, 3.05) is 0 Å². The molecule has 0 fully saturated rings. The number of rotatable bonds is 2. The molecule has 90 valence electrons. The van der Waals surface area contributed by atoms with Crippen LogP contribution in [-0.2, 0) is 0 Å². The van der Waals surface area contributed by atoms with Crippen molar-refractivity contribution in [2.24, 2.45) is 0 Å². The van der Waals surface area contributed by atoms with E-state index < -0.39 is 22.8 Å². The zero-order valence-corrected chi connectivity index (χ0v) is 9.56. The Bertz CT molecular complexity index is 527. The van der Waals surface area contributed by atoms with Crippen LogP contribution in [0, 0.1) is 24.4 Å². The van der Waals surface area contributed by atoms with Crippen molar-refractivity contribution < 1.29 is 17.6 Å². The first-order valence-electron chi connectivity index (χ1n) is 4.83. The Labute approximate surface area is 101 Å². The maximum Gasteiger partial charge on any atom is 0.134 e. The van der Waals surface area contributed by atoms with Crippen molar-refractivity contribution in [3.63, 3.8) is 0 Å². The summed E-state index contributed by atoms with van der Waals surface area (Å²) in [5.41, 5.74) is 0.0774. The van der Waals surface area contributed by atoms with Gasteiger partial charge in [-0.05, 0) is 13.0 Å². The van der Waals surface area contributed by atoms with Crippen molar-refractivity contribution in [2.45, 2.75) is 12.3 Å². The Balaban J connectivity index is 2.51. The fourth-order valence-electron chi connectivity index (χ4n) is 1.61. The number of alkyl halides is 1. The minimum absolute atomic E-state index is 0.377. The molecular formula is C12H8ClF3O. The topological polar surface area (TPSA) is 13.1 Å². The molecule has 2 aromatic rings. The maximum atomic E-state index is 13.5. The van der Waals surface area contributed by atoms with Gasteiger partial charge >= 0.3 is 0 Å². The molecule has 0 radical (unpaired) electrons. The molecule has 0 spiro atoms. The highest BCUT2D eigenvalue weighted by Crippen LogP contribution is 2.34. The fourth-order valence-corrected chi connectivity index (χ4v) is 2.04. The van der Waals surface area contributed by atoms with Crippen LogP contribution in [0.2, 0.25) is 0 Å². The van der Waals surface area contributed by atoms with Crippen LogP contribution in [0.25, 0.3) is 0 Å². The van der Waals surface area contributed by atoms with Crippen LogP contribution in [0.5, 0.6) is 0 Å². The molecule has 17 heavy (non-hydrogen) atoms. The van der Waals surface area contributed by atoms with Crippen LogP contribution >= 0.6 is 11.6 Å². The molecule has 0 saturated carbocycles. The first-order chi connectivity index (χ1) is 8.00. The lowest BCUT2D eigenvalue weighted by Gasteiger charge is -2.11. The number of furan rings is 1. The van der Waals surface area contributed by atoms with Crippen molar-refractivity contribution >= 4 is 11.6 Å². The summed E-state index contributed by atoms with van der Waals surface area (Å²) in [6.07, 6.45) is 1.37.